The third kappa shape index (κ3) is 6.68. The fourth-order valence-corrected chi connectivity index (χ4v) is 6.32. The Kier molecular flexibility index (Phi) is 10.2. The van der Waals surface area contributed by atoms with Gasteiger partial charge in [-0.05, 0) is 112 Å². The normalized spacial score (nSPS) is 14.4. The van der Waals surface area contributed by atoms with E-state index in [1.165, 1.54) is 0 Å². The number of aliphatic carboxylic acids is 2. The topological polar surface area (TPSA) is 172 Å². The Morgan fingerprint density at radius 1 is 0.644 bits per heavy atom. The number of aliphatic hydroxyl groups excluding tert-OH is 2. The quantitative estimate of drug-likeness (QED) is 0.142. The summed E-state index contributed by atoms with van der Waals surface area (Å²) in [6.45, 7) is 11.1. The molecule has 0 aromatic carbocycles. The minimum atomic E-state index is -0.921. The first-order chi connectivity index (χ1) is 20.8. The Balaban J connectivity index is 0.00000461. The van der Waals surface area contributed by atoms with E-state index in [9.17, 15) is 30.0 Å². The number of nitrogens with zero attached hydrogens (tertiary/aromatic N) is 2. The summed E-state index contributed by atoms with van der Waals surface area (Å²) in [4.78, 5) is 39.8. The maximum Gasteiger partial charge on any atom is 0.303 e. The van der Waals surface area contributed by atoms with Gasteiger partial charge in [-0.25, -0.2) is 9.97 Å². The van der Waals surface area contributed by atoms with Crippen LogP contribution in [0.4, 0.5) is 0 Å². The first kappa shape index (κ1) is 34.3. The minimum Gasteiger partial charge on any atom is -0.481 e. The molecular formula is C34H38CdN4O6. The van der Waals surface area contributed by atoms with Crippen molar-refractivity contribution in [2.45, 2.75) is 79.4 Å². The fourth-order valence-electron chi connectivity index (χ4n) is 6.32. The zero-order valence-electron chi connectivity index (χ0n) is 26.5. The third-order valence-electron chi connectivity index (χ3n) is 8.65. The molecule has 2 atom stereocenters. The summed E-state index contributed by atoms with van der Waals surface area (Å²) in [6, 6.07) is 7.51. The average Bonchev–Trinajstić information content (AvgIpc) is 3.59. The molecule has 0 amide bonds. The SMILES string of the molecule is CC1=C(CCC(=O)O)c2cc3nc(cc4[nH]c(cc5[nH]c(cc1n2)c(C)c5C(C)O)c(C)c4C(C)O)C(C)=C3CCC(=O)O.[Cd]. The second-order valence-corrected chi connectivity index (χ2v) is 11.7. The molecule has 45 heavy (non-hydrogen) atoms. The van der Waals surface area contributed by atoms with Crippen molar-refractivity contribution in [1.82, 2.24) is 19.9 Å². The van der Waals surface area contributed by atoms with E-state index in [0.29, 0.717) is 39.4 Å². The molecule has 0 spiro atoms. The van der Waals surface area contributed by atoms with E-state index in [1.807, 2.05) is 52.0 Å². The second-order valence-electron chi connectivity index (χ2n) is 11.7. The van der Waals surface area contributed by atoms with Gasteiger partial charge < -0.3 is 30.4 Å². The van der Waals surface area contributed by atoms with Crippen molar-refractivity contribution in [1.29, 1.82) is 0 Å². The summed E-state index contributed by atoms with van der Waals surface area (Å²) in [7, 11) is 0. The number of hydrogen-bond acceptors (Lipinski definition) is 6. The zero-order chi connectivity index (χ0) is 32.0. The van der Waals surface area contributed by atoms with Crippen molar-refractivity contribution in [3.05, 3.63) is 69.3 Å². The van der Waals surface area contributed by atoms with Gasteiger partial charge in [0.2, 0.25) is 0 Å². The van der Waals surface area contributed by atoms with Gasteiger partial charge in [0.25, 0.3) is 0 Å². The molecule has 5 heterocycles. The van der Waals surface area contributed by atoms with E-state index in [4.69, 9.17) is 9.97 Å². The Morgan fingerprint density at radius 2 is 1.02 bits per heavy atom. The van der Waals surface area contributed by atoms with Crippen molar-refractivity contribution in [2.75, 3.05) is 0 Å². The van der Waals surface area contributed by atoms with Crippen LogP contribution in [0.3, 0.4) is 0 Å². The van der Waals surface area contributed by atoms with E-state index in [2.05, 4.69) is 9.97 Å². The summed E-state index contributed by atoms with van der Waals surface area (Å²) in [5.41, 5.74) is 11.7. The van der Waals surface area contributed by atoms with Gasteiger partial charge in [-0.1, -0.05) is 0 Å². The number of fused-ring (bicyclic) bond motifs is 8. The molecule has 2 unspecified atom stereocenters. The molecule has 2 aliphatic heterocycles. The molecule has 0 aliphatic carbocycles. The summed E-state index contributed by atoms with van der Waals surface area (Å²) in [5, 5.41) is 40.5. The molecule has 6 N–H and O–H groups in total. The van der Waals surface area contributed by atoms with Crippen molar-refractivity contribution < 1.29 is 57.3 Å². The van der Waals surface area contributed by atoms with Gasteiger partial charge in [-0.15, -0.1) is 0 Å². The molecule has 3 aromatic heterocycles. The molecule has 0 saturated heterocycles. The standard InChI is InChI=1S/C34H38N4O6.Cd/c1-15-21(7-9-31(41)42)27-14-28-22(8-10-32(43)44)16(2)24(36-28)12-29-34(20(6)40)18(4)26(38-29)13-30-33(19(5)39)17(3)25(37-30)11-23(15)35-27;/h11-14,19-20,37-40H,7-10H2,1-6H3,(H,41,42)(H,43,44);. The fraction of sp³-hybridized carbons (Fsp3) is 0.353. The van der Waals surface area contributed by atoms with Gasteiger partial charge in [-0.3, -0.25) is 9.59 Å². The number of aromatic nitrogens is 4. The van der Waals surface area contributed by atoms with Crippen LogP contribution in [0.15, 0.2) is 24.3 Å². The van der Waals surface area contributed by atoms with Crippen molar-refractivity contribution in [2.24, 2.45) is 0 Å². The predicted octanol–water partition coefficient (Wildman–Crippen LogP) is 6.63. The van der Waals surface area contributed by atoms with Crippen LogP contribution in [0.1, 0.15) is 111 Å². The van der Waals surface area contributed by atoms with Crippen LogP contribution in [-0.2, 0) is 36.9 Å². The molecule has 3 aromatic rings. The van der Waals surface area contributed by atoms with E-state index in [-0.39, 0.29) is 53.0 Å². The number of nitrogens with one attached hydrogen (secondary N) is 2. The predicted molar refractivity (Wildman–Crippen MR) is 170 cm³/mol. The van der Waals surface area contributed by atoms with Gasteiger partial charge in [-0.2, -0.15) is 0 Å². The van der Waals surface area contributed by atoms with Gasteiger partial charge in [0.05, 0.1) is 35.0 Å². The van der Waals surface area contributed by atoms with Gasteiger partial charge >= 0.3 is 11.9 Å². The summed E-state index contributed by atoms with van der Waals surface area (Å²) < 4.78 is 0. The summed E-state index contributed by atoms with van der Waals surface area (Å²) in [5.74, 6) is -1.84. The third-order valence-corrected chi connectivity index (χ3v) is 8.65. The molecule has 0 fully saturated rings. The number of allylic oxidation sites excluding steroid dienone is 4. The number of rotatable bonds is 8. The van der Waals surface area contributed by atoms with Crippen LogP contribution >= 0.6 is 0 Å². The molecule has 2 aliphatic rings. The number of carboxylic acid groups (broad SMARTS) is 2. The second kappa shape index (κ2) is 13.4. The van der Waals surface area contributed by atoms with E-state index >= 15 is 0 Å². The zero-order valence-corrected chi connectivity index (χ0v) is 30.5. The number of aliphatic hydroxyl groups is 2. The van der Waals surface area contributed by atoms with Crippen LogP contribution in [0.25, 0.3) is 44.4 Å². The van der Waals surface area contributed by atoms with Crippen molar-refractivity contribution >= 4 is 56.3 Å². The van der Waals surface area contributed by atoms with Crippen molar-refractivity contribution in [3.8, 4) is 0 Å². The maximum atomic E-state index is 11.6. The summed E-state index contributed by atoms with van der Waals surface area (Å²) in [6.07, 6.45) is -1.18. The Labute approximate surface area is 281 Å². The van der Waals surface area contributed by atoms with Crippen LogP contribution in [0.5, 0.6) is 0 Å². The largest absolute Gasteiger partial charge is 0.481 e. The molecule has 10 nitrogen and oxygen atoms in total. The Morgan fingerprint density at radius 3 is 1.42 bits per heavy atom. The molecule has 0 radical (unpaired) electrons. The van der Waals surface area contributed by atoms with Crippen molar-refractivity contribution in [3.63, 3.8) is 0 Å². The van der Waals surface area contributed by atoms with Crippen LogP contribution in [-0.4, -0.2) is 52.3 Å². The van der Waals surface area contributed by atoms with E-state index in [1.54, 1.807) is 13.8 Å². The van der Waals surface area contributed by atoms with E-state index < -0.39 is 24.1 Å². The van der Waals surface area contributed by atoms with E-state index in [0.717, 1.165) is 50.0 Å². The average molecular weight is 711 g/mol. The number of carboxylic acids is 2. The molecule has 11 heteroatoms. The number of hydrogen-bond donors (Lipinski definition) is 6. The first-order valence-electron chi connectivity index (χ1n) is 14.7. The Hall–Kier alpha value is -3.62. The monoisotopic (exact) mass is 712 g/mol. The number of aromatic amines is 2. The molecule has 232 valence electrons. The minimum absolute atomic E-state index is 0. The number of H-pyrrole nitrogens is 2. The first-order valence-corrected chi connectivity index (χ1v) is 14.7. The molecule has 5 rings (SSSR count). The van der Waals surface area contributed by atoms with Crippen LogP contribution in [0.2, 0.25) is 0 Å². The summed E-state index contributed by atoms with van der Waals surface area (Å²) >= 11 is 0. The number of carbonyl (C=O) groups is 2. The van der Waals surface area contributed by atoms with Gasteiger partial charge in [0.1, 0.15) is 0 Å². The number of aryl methyl sites for hydroxylation is 2. The molecule has 0 saturated carbocycles. The van der Waals surface area contributed by atoms with Gasteiger partial charge in [0, 0.05) is 73.3 Å². The maximum absolute atomic E-state index is 11.6. The Bertz CT molecular complexity index is 1930. The molecular weight excluding hydrogens is 673 g/mol. The van der Waals surface area contributed by atoms with Crippen LogP contribution < -0.4 is 0 Å². The smallest absolute Gasteiger partial charge is 0.303 e. The molecule has 8 bridgehead atoms. The van der Waals surface area contributed by atoms with Crippen LogP contribution in [0, 0.1) is 13.8 Å². The van der Waals surface area contributed by atoms with Gasteiger partial charge in [0.15, 0.2) is 0 Å².